The standard InChI is InChI=1S/C15H14N2/c1-11-7-6-10-17-12(2)14(16-15(11)17)13-8-4-3-5-9-13/h3-10H,1-2H3. The molecule has 17 heavy (non-hydrogen) atoms. The third-order valence-corrected chi connectivity index (χ3v) is 3.13. The van der Waals surface area contributed by atoms with Crippen molar-refractivity contribution in [2.75, 3.05) is 0 Å². The number of nitrogens with zero attached hydrogens (tertiary/aromatic N) is 2. The van der Waals surface area contributed by atoms with Gasteiger partial charge in [0.15, 0.2) is 0 Å². The molecule has 0 unspecified atom stereocenters. The van der Waals surface area contributed by atoms with E-state index in [9.17, 15) is 0 Å². The molecule has 0 fully saturated rings. The first-order valence-corrected chi connectivity index (χ1v) is 5.77. The highest BCUT2D eigenvalue weighted by Crippen LogP contribution is 2.24. The van der Waals surface area contributed by atoms with Crippen molar-refractivity contribution in [1.29, 1.82) is 0 Å². The molecule has 2 heterocycles. The summed E-state index contributed by atoms with van der Waals surface area (Å²) in [6.45, 7) is 4.21. The molecule has 0 aliphatic rings. The van der Waals surface area contributed by atoms with Crippen LogP contribution in [0.2, 0.25) is 0 Å². The molecule has 1 aromatic carbocycles. The molecule has 0 amide bonds. The Kier molecular flexibility index (Phi) is 2.22. The highest BCUT2D eigenvalue weighted by molar-refractivity contribution is 5.67. The summed E-state index contributed by atoms with van der Waals surface area (Å²) in [5, 5.41) is 0. The number of pyridine rings is 1. The summed E-state index contributed by atoms with van der Waals surface area (Å²) in [5.74, 6) is 0. The number of benzene rings is 1. The van der Waals surface area contributed by atoms with Gasteiger partial charge in [-0.05, 0) is 25.5 Å². The van der Waals surface area contributed by atoms with Gasteiger partial charge in [-0.1, -0.05) is 36.4 Å². The van der Waals surface area contributed by atoms with Crippen molar-refractivity contribution in [3.05, 3.63) is 59.9 Å². The van der Waals surface area contributed by atoms with Gasteiger partial charge < -0.3 is 4.40 Å². The minimum atomic E-state index is 1.05. The maximum Gasteiger partial charge on any atom is 0.140 e. The number of imidazole rings is 1. The largest absolute Gasteiger partial charge is 0.303 e. The fraction of sp³-hybridized carbons (Fsp3) is 0.133. The molecule has 0 saturated carbocycles. The summed E-state index contributed by atoms with van der Waals surface area (Å²) < 4.78 is 2.15. The van der Waals surface area contributed by atoms with Crippen molar-refractivity contribution >= 4 is 5.65 Å². The highest BCUT2D eigenvalue weighted by atomic mass is 15.0. The van der Waals surface area contributed by atoms with Crippen LogP contribution in [0.25, 0.3) is 16.9 Å². The van der Waals surface area contributed by atoms with Crippen LogP contribution in [0.3, 0.4) is 0 Å². The Bertz CT molecular complexity index is 666. The number of aryl methyl sites for hydroxylation is 2. The Morgan fingerprint density at radius 2 is 1.71 bits per heavy atom. The summed E-state index contributed by atoms with van der Waals surface area (Å²) in [4.78, 5) is 4.74. The number of hydrogen-bond donors (Lipinski definition) is 0. The van der Waals surface area contributed by atoms with Crippen LogP contribution in [0.5, 0.6) is 0 Å². The van der Waals surface area contributed by atoms with Gasteiger partial charge in [-0.25, -0.2) is 4.98 Å². The van der Waals surface area contributed by atoms with E-state index in [4.69, 9.17) is 4.98 Å². The van der Waals surface area contributed by atoms with E-state index in [0.29, 0.717) is 0 Å². The summed E-state index contributed by atoms with van der Waals surface area (Å²) in [5.41, 5.74) is 5.68. The Labute approximate surface area is 101 Å². The smallest absolute Gasteiger partial charge is 0.140 e. The lowest BCUT2D eigenvalue weighted by Crippen LogP contribution is -1.88. The van der Waals surface area contributed by atoms with Gasteiger partial charge in [0.05, 0.1) is 5.69 Å². The van der Waals surface area contributed by atoms with E-state index in [0.717, 1.165) is 11.3 Å². The van der Waals surface area contributed by atoms with Crippen molar-refractivity contribution < 1.29 is 0 Å². The molecule has 0 aliphatic carbocycles. The summed E-state index contributed by atoms with van der Waals surface area (Å²) in [7, 11) is 0. The van der Waals surface area contributed by atoms with Gasteiger partial charge in [-0.3, -0.25) is 0 Å². The quantitative estimate of drug-likeness (QED) is 0.614. The molecule has 0 N–H and O–H groups in total. The van der Waals surface area contributed by atoms with Gasteiger partial charge in [-0.2, -0.15) is 0 Å². The zero-order valence-corrected chi connectivity index (χ0v) is 10.0. The second-order valence-electron chi connectivity index (χ2n) is 4.30. The van der Waals surface area contributed by atoms with Crippen LogP contribution in [-0.4, -0.2) is 9.38 Å². The van der Waals surface area contributed by atoms with Crippen molar-refractivity contribution in [3.8, 4) is 11.3 Å². The first kappa shape index (κ1) is 10.1. The fourth-order valence-corrected chi connectivity index (χ4v) is 2.19. The molecule has 0 atom stereocenters. The van der Waals surface area contributed by atoms with E-state index in [2.05, 4.69) is 48.7 Å². The Hall–Kier alpha value is -2.09. The van der Waals surface area contributed by atoms with Crippen molar-refractivity contribution in [2.45, 2.75) is 13.8 Å². The average molecular weight is 222 g/mol. The normalized spacial score (nSPS) is 10.9. The van der Waals surface area contributed by atoms with E-state index >= 15 is 0 Å². The maximum atomic E-state index is 4.74. The lowest BCUT2D eigenvalue weighted by Gasteiger charge is -1.99. The lowest BCUT2D eigenvalue weighted by atomic mass is 10.1. The Morgan fingerprint density at radius 3 is 2.41 bits per heavy atom. The van der Waals surface area contributed by atoms with Gasteiger partial charge in [0.2, 0.25) is 0 Å². The summed E-state index contributed by atoms with van der Waals surface area (Å²) in [6, 6.07) is 14.5. The van der Waals surface area contributed by atoms with Gasteiger partial charge in [0.1, 0.15) is 5.65 Å². The third kappa shape index (κ3) is 1.53. The number of aromatic nitrogens is 2. The van der Waals surface area contributed by atoms with Crippen molar-refractivity contribution in [1.82, 2.24) is 9.38 Å². The molecular formula is C15H14N2. The van der Waals surface area contributed by atoms with Gasteiger partial charge in [0.25, 0.3) is 0 Å². The highest BCUT2D eigenvalue weighted by Gasteiger charge is 2.10. The fourth-order valence-electron chi connectivity index (χ4n) is 2.19. The van der Waals surface area contributed by atoms with Crippen molar-refractivity contribution in [2.24, 2.45) is 0 Å². The molecule has 0 spiro atoms. The van der Waals surface area contributed by atoms with E-state index in [1.54, 1.807) is 0 Å². The molecule has 2 nitrogen and oxygen atoms in total. The Morgan fingerprint density at radius 1 is 0.941 bits per heavy atom. The predicted octanol–water partition coefficient (Wildman–Crippen LogP) is 3.62. The summed E-state index contributed by atoms with van der Waals surface area (Å²) in [6.07, 6.45) is 2.07. The molecule has 0 saturated heterocycles. The summed E-state index contributed by atoms with van der Waals surface area (Å²) >= 11 is 0. The molecule has 0 aliphatic heterocycles. The molecule has 2 heteroatoms. The van der Waals surface area contributed by atoms with Crippen LogP contribution in [0, 0.1) is 13.8 Å². The third-order valence-electron chi connectivity index (χ3n) is 3.13. The lowest BCUT2D eigenvalue weighted by molar-refractivity contribution is 1.10. The zero-order chi connectivity index (χ0) is 11.8. The van der Waals surface area contributed by atoms with E-state index in [-0.39, 0.29) is 0 Å². The Balaban J connectivity index is 2.32. The molecule has 2 aromatic heterocycles. The van der Waals surface area contributed by atoms with Crippen LogP contribution >= 0.6 is 0 Å². The van der Waals surface area contributed by atoms with E-state index < -0.39 is 0 Å². The van der Waals surface area contributed by atoms with Gasteiger partial charge in [0, 0.05) is 17.5 Å². The minimum Gasteiger partial charge on any atom is -0.303 e. The van der Waals surface area contributed by atoms with E-state index in [1.165, 1.54) is 16.8 Å². The molecule has 3 rings (SSSR count). The molecule has 0 radical (unpaired) electrons. The van der Waals surface area contributed by atoms with Crippen LogP contribution in [0.4, 0.5) is 0 Å². The maximum absolute atomic E-state index is 4.74. The van der Waals surface area contributed by atoms with Crippen LogP contribution in [0.1, 0.15) is 11.3 Å². The van der Waals surface area contributed by atoms with Crippen LogP contribution in [0.15, 0.2) is 48.7 Å². The SMILES string of the molecule is Cc1cccn2c(C)c(-c3ccccc3)nc12. The van der Waals surface area contributed by atoms with Crippen molar-refractivity contribution in [3.63, 3.8) is 0 Å². The topological polar surface area (TPSA) is 17.3 Å². The van der Waals surface area contributed by atoms with Gasteiger partial charge in [-0.15, -0.1) is 0 Å². The molecule has 3 aromatic rings. The molecule has 84 valence electrons. The molecule has 0 bridgehead atoms. The van der Waals surface area contributed by atoms with Gasteiger partial charge >= 0.3 is 0 Å². The predicted molar refractivity (Wildman–Crippen MR) is 70.1 cm³/mol. The number of fused-ring (bicyclic) bond motifs is 1. The van der Waals surface area contributed by atoms with Crippen LogP contribution in [-0.2, 0) is 0 Å². The minimum absolute atomic E-state index is 1.05. The number of rotatable bonds is 1. The van der Waals surface area contributed by atoms with E-state index in [1.807, 2.05) is 18.2 Å². The van der Waals surface area contributed by atoms with Crippen LogP contribution < -0.4 is 0 Å². The second kappa shape index (κ2) is 3.74. The number of hydrogen-bond acceptors (Lipinski definition) is 1. The second-order valence-corrected chi connectivity index (χ2v) is 4.30. The zero-order valence-electron chi connectivity index (χ0n) is 10.0. The first-order valence-electron chi connectivity index (χ1n) is 5.77. The molecular weight excluding hydrogens is 208 g/mol. The first-order chi connectivity index (χ1) is 8.27. The average Bonchev–Trinajstić information content (AvgIpc) is 2.70. The monoisotopic (exact) mass is 222 g/mol.